The number of nitrogens with one attached hydrogen (secondary N) is 2. The molecule has 5 rings (SSSR count). The molecule has 8 nitrogen and oxygen atoms in total. The highest BCUT2D eigenvalue weighted by molar-refractivity contribution is 7.91. The summed E-state index contributed by atoms with van der Waals surface area (Å²) in [7, 11) is 0.986. The minimum absolute atomic E-state index is 0.00632. The summed E-state index contributed by atoms with van der Waals surface area (Å²) in [6, 6.07) is 13.4. The van der Waals surface area contributed by atoms with E-state index in [9.17, 15) is 13.2 Å². The quantitative estimate of drug-likeness (QED) is 0.141. The topological polar surface area (TPSA) is 92.7 Å². The second kappa shape index (κ2) is 13.0. The molecule has 2 heterocycles. The van der Waals surface area contributed by atoms with Gasteiger partial charge in [-0.05, 0) is 62.3 Å². The average molecular weight is 621 g/mol. The Labute approximate surface area is 258 Å². The smallest absolute Gasteiger partial charge is 0.198 e. The number of hydrogen-bond acceptors (Lipinski definition) is 7. The normalized spacial score (nSPS) is 13.1. The van der Waals surface area contributed by atoms with Crippen LogP contribution in [0.15, 0.2) is 60.0 Å². The number of benzene rings is 3. The minimum Gasteiger partial charge on any atom is -0.451 e. The first-order valence-corrected chi connectivity index (χ1v) is 17.0. The molecule has 1 aliphatic heterocycles. The van der Waals surface area contributed by atoms with Crippen LogP contribution in [0.3, 0.4) is 0 Å². The molecule has 0 fully saturated rings. The van der Waals surface area contributed by atoms with E-state index < -0.39 is 15.7 Å². The first-order valence-electron chi connectivity index (χ1n) is 15.2. The van der Waals surface area contributed by atoms with E-state index in [0.29, 0.717) is 41.5 Å². The van der Waals surface area contributed by atoms with Crippen molar-refractivity contribution in [2.75, 3.05) is 44.0 Å². The van der Waals surface area contributed by atoms with Crippen LogP contribution in [0.25, 0.3) is 33.1 Å². The van der Waals surface area contributed by atoms with Crippen LogP contribution in [-0.2, 0) is 9.84 Å². The molecule has 1 aliphatic rings. The molecule has 0 saturated carbocycles. The fraction of sp³-hybridized carbons (Fsp3) is 0.382. The zero-order chi connectivity index (χ0) is 31.6. The van der Waals surface area contributed by atoms with Crippen molar-refractivity contribution in [3.63, 3.8) is 0 Å². The second-order valence-electron chi connectivity index (χ2n) is 11.6. The fourth-order valence-corrected chi connectivity index (χ4v) is 6.68. The maximum absolute atomic E-state index is 15.8. The first kappa shape index (κ1) is 31.5. The summed E-state index contributed by atoms with van der Waals surface area (Å²) < 4.78 is 48.0. The van der Waals surface area contributed by atoms with Crippen LogP contribution in [0.4, 0.5) is 10.1 Å². The molecule has 0 aliphatic carbocycles. The monoisotopic (exact) mass is 620 g/mol. The SMILES string of the molecule is C=C(NCCC(CCC)N(C)C)c1cn2c3c(c(NCCCS(=O)(=O)CC)c(F)cc3c1=O)Oc1cc3ccccc3cc1-2. The predicted octanol–water partition coefficient (Wildman–Crippen LogP) is 6.31. The molecular weight excluding hydrogens is 579 g/mol. The van der Waals surface area contributed by atoms with Gasteiger partial charge in [-0.25, -0.2) is 12.8 Å². The van der Waals surface area contributed by atoms with Gasteiger partial charge in [-0.2, -0.15) is 0 Å². The number of nitrogens with zero attached hydrogens (tertiary/aromatic N) is 2. The summed E-state index contributed by atoms with van der Waals surface area (Å²) in [6.45, 7) is 8.83. The molecule has 0 amide bonds. The van der Waals surface area contributed by atoms with Crippen LogP contribution in [-0.4, -0.2) is 62.6 Å². The van der Waals surface area contributed by atoms with Crippen LogP contribution in [0, 0.1) is 5.82 Å². The third-order valence-corrected chi connectivity index (χ3v) is 10.2. The Kier molecular flexibility index (Phi) is 9.31. The van der Waals surface area contributed by atoms with Gasteiger partial charge >= 0.3 is 0 Å². The summed E-state index contributed by atoms with van der Waals surface area (Å²) >= 11 is 0. The molecule has 4 aromatic rings. The van der Waals surface area contributed by atoms with Gasteiger partial charge in [0.1, 0.15) is 21.0 Å². The number of ether oxygens (including phenoxy) is 1. The highest BCUT2D eigenvalue weighted by Crippen LogP contribution is 2.46. The van der Waals surface area contributed by atoms with E-state index in [1.54, 1.807) is 13.1 Å². The number of hydrogen-bond donors (Lipinski definition) is 2. The van der Waals surface area contributed by atoms with E-state index in [1.807, 2.05) is 41.0 Å². The van der Waals surface area contributed by atoms with Gasteiger partial charge < -0.3 is 24.8 Å². The molecule has 0 saturated heterocycles. The van der Waals surface area contributed by atoms with Crippen LogP contribution < -0.4 is 20.8 Å². The molecule has 0 radical (unpaired) electrons. The zero-order valence-electron chi connectivity index (χ0n) is 25.9. The number of halogens is 1. The fourth-order valence-electron chi connectivity index (χ4n) is 5.81. The highest BCUT2D eigenvalue weighted by Gasteiger charge is 2.28. The molecule has 0 spiro atoms. The number of pyridine rings is 1. The van der Waals surface area contributed by atoms with E-state index in [2.05, 4.69) is 43.1 Å². The number of aromatic nitrogens is 1. The maximum Gasteiger partial charge on any atom is 0.198 e. The Bertz CT molecular complexity index is 1880. The third kappa shape index (κ3) is 6.32. The van der Waals surface area contributed by atoms with Gasteiger partial charge in [-0.3, -0.25) is 4.79 Å². The molecule has 44 heavy (non-hydrogen) atoms. The Morgan fingerprint density at radius 2 is 1.82 bits per heavy atom. The molecule has 234 valence electrons. The van der Waals surface area contributed by atoms with Gasteiger partial charge in [-0.15, -0.1) is 0 Å². The minimum atomic E-state index is -3.16. The maximum atomic E-state index is 15.8. The number of fused-ring (bicyclic) bond motifs is 3. The molecule has 0 bridgehead atoms. The predicted molar refractivity (Wildman–Crippen MR) is 179 cm³/mol. The molecule has 2 N–H and O–H groups in total. The number of anilines is 1. The van der Waals surface area contributed by atoms with E-state index >= 15 is 4.39 Å². The van der Waals surface area contributed by atoms with E-state index in [-0.39, 0.29) is 40.3 Å². The zero-order valence-corrected chi connectivity index (χ0v) is 26.7. The second-order valence-corrected chi connectivity index (χ2v) is 14.1. The van der Waals surface area contributed by atoms with Gasteiger partial charge in [-0.1, -0.05) is 51.1 Å². The third-order valence-electron chi connectivity index (χ3n) is 8.36. The van der Waals surface area contributed by atoms with Crippen LogP contribution >= 0.6 is 0 Å². The lowest BCUT2D eigenvalue weighted by molar-refractivity contribution is 0.263. The summed E-state index contributed by atoms with van der Waals surface area (Å²) in [6.07, 6.45) is 5.10. The molecule has 1 atom stereocenters. The van der Waals surface area contributed by atoms with Crippen molar-refractivity contribution in [2.24, 2.45) is 0 Å². The standard InChI is InChI=1S/C34H41FN4O4S/c1-6-11-25(38(4)5)14-16-36-22(3)27-21-39-29-18-23-12-8-9-13-24(23)19-30(29)43-34-31(37-15-10-17-44(41,42)7-2)28(35)20-26(32(34)39)33(27)40/h8-9,12-13,18-21,25,36-37H,3,6-7,10-11,14-17H2,1-2,4-5H3. The van der Waals surface area contributed by atoms with Crippen molar-refractivity contribution in [3.05, 3.63) is 76.8 Å². The lowest BCUT2D eigenvalue weighted by atomic mass is 10.0. The summed E-state index contributed by atoms with van der Waals surface area (Å²) in [4.78, 5) is 16.1. The van der Waals surface area contributed by atoms with Gasteiger partial charge in [0.25, 0.3) is 0 Å². The molecule has 1 unspecified atom stereocenters. The Morgan fingerprint density at radius 1 is 1.09 bits per heavy atom. The lowest BCUT2D eigenvalue weighted by Gasteiger charge is -2.27. The van der Waals surface area contributed by atoms with Crippen molar-refractivity contribution in [3.8, 4) is 17.2 Å². The Balaban J connectivity index is 1.58. The number of rotatable bonds is 14. The van der Waals surface area contributed by atoms with Crippen LogP contribution in [0.5, 0.6) is 11.5 Å². The van der Waals surface area contributed by atoms with E-state index in [1.165, 1.54) is 6.07 Å². The van der Waals surface area contributed by atoms with Gasteiger partial charge in [0.15, 0.2) is 22.7 Å². The number of sulfone groups is 1. The molecule has 3 aromatic carbocycles. The van der Waals surface area contributed by atoms with Crippen molar-refractivity contribution in [1.29, 1.82) is 0 Å². The van der Waals surface area contributed by atoms with Gasteiger partial charge in [0.2, 0.25) is 0 Å². The van der Waals surface area contributed by atoms with Crippen molar-refractivity contribution < 1.29 is 17.5 Å². The van der Waals surface area contributed by atoms with Crippen molar-refractivity contribution in [2.45, 2.75) is 45.6 Å². The lowest BCUT2D eigenvalue weighted by Crippen LogP contribution is -2.31. The summed E-state index contributed by atoms with van der Waals surface area (Å²) in [5, 5.41) is 8.52. The Hall–Kier alpha value is -3.89. The van der Waals surface area contributed by atoms with E-state index in [0.717, 1.165) is 35.7 Å². The Morgan fingerprint density at radius 3 is 2.50 bits per heavy atom. The highest BCUT2D eigenvalue weighted by atomic mass is 32.2. The molecule has 1 aromatic heterocycles. The summed E-state index contributed by atoms with van der Waals surface area (Å²) in [5.74, 6) is 0.106. The first-order chi connectivity index (χ1) is 21.0. The summed E-state index contributed by atoms with van der Waals surface area (Å²) in [5.41, 5.74) is 1.73. The largest absolute Gasteiger partial charge is 0.451 e. The van der Waals surface area contributed by atoms with Crippen LogP contribution in [0.1, 0.15) is 45.1 Å². The van der Waals surface area contributed by atoms with Crippen molar-refractivity contribution in [1.82, 2.24) is 14.8 Å². The van der Waals surface area contributed by atoms with Crippen LogP contribution in [0.2, 0.25) is 0 Å². The van der Waals surface area contributed by atoms with Gasteiger partial charge in [0.05, 0.1) is 22.4 Å². The molecule has 10 heteroatoms. The van der Waals surface area contributed by atoms with E-state index in [4.69, 9.17) is 4.74 Å². The van der Waals surface area contributed by atoms with Crippen molar-refractivity contribution >= 4 is 42.9 Å². The average Bonchev–Trinajstić information content (AvgIpc) is 3.00. The molecular formula is C34H41FN4O4S. The van der Waals surface area contributed by atoms with Gasteiger partial charge in [0, 0.05) is 36.8 Å².